The van der Waals surface area contributed by atoms with Crippen LogP contribution in [0.1, 0.15) is 10.4 Å². The fourth-order valence-corrected chi connectivity index (χ4v) is 8.05. The van der Waals surface area contributed by atoms with Crippen LogP contribution in [0.25, 0.3) is 0 Å². The molecule has 0 radical (unpaired) electrons. The zero-order valence-electron chi connectivity index (χ0n) is 19.6. The maximum atomic E-state index is 13.4. The molecule has 10 nitrogen and oxygen atoms in total. The summed E-state index contributed by atoms with van der Waals surface area (Å²) in [6, 6.07) is 12.6. The summed E-state index contributed by atoms with van der Waals surface area (Å²) < 4.78 is 60.0. The van der Waals surface area contributed by atoms with Gasteiger partial charge >= 0.3 is 0 Å². The maximum Gasteiger partial charge on any atom is 0.291 e. The lowest BCUT2D eigenvalue weighted by Gasteiger charge is -2.26. The first-order valence-electron chi connectivity index (χ1n) is 11.0. The highest BCUT2D eigenvalue weighted by Gasteiger charge is 2.30. The molecule has 0 spiro atoms. The molecule has 0 bridgehead atoms. The monoisotopic (exact) mass is 616 g/mol. The number of carbonyl (C=O) groups is 1. The number of anilines is 2. The van der Waals surface area contributed by atoms with E-state index >= 15 is 0 Å². The van der Waals surface area contributed by atoms with Gasteiger partial charge in [0.15, 0.2) is 0 Å². The number of hydrogen-bond donors (Lipinski definition) is 2. The second-order valence-corrected chi connectivity index (χ2v) is 13.9. The van der Waals surface area contributed by atoms with E-state index in [-0.39, 0.29) is 48.5 Å². The summed E-state index contributed by atoms with van der Waals surface area (Å²) in [5, 5.41) is 2.85. The summed E-state index contributed by atoms with van der Waals surface area (Å²) in [6.07, 6.45) is 1.15. The Hall–Kier alpha value is -2.65. The van der Waals surface area contributed by atoms with E-state index in [1.54, 1.807) is 0 Å². The van der Waals surface area contributed by atoms with Crippen molar-refractivity contribution in [2.45, 2.75) is 9.10 Å². The number of carbonyl (C=O) groups excluding carboxylic acids is 1. The number of hydrogen-bond acceptors (Lipinski definition) is 8. The van der Waals surface area contributed by atoms with Crippen molar-refractivity contribution in [1.29, 1.82) is 0 Å². The highest BCUT2D eigenvalue weighted by atomic mass is 35.5. The largest absolute Gasteiger partial charge is 0.379 e. The molecule has 3 aromatic rings. The standard InChI is InChI=1S/C23H22Cl2N4O6S3/c1-2-26-29(38(33,34)22-10-9-21(25)36-22)20-8-3-16(24)15-19(20)23(30)27-17-4-6-18(7-5-17)37(31,32)28-11-13-35-14-12-28/h2-10,15,26H,1,11-14H2,(H,27,30). The minimum absolute atomic E-state index is 0.0252. The molecule has 1 saturated heterocycles. The zero-order chi connectivity index (χ0) is 27.5. The number of morpholine rings is 1. The Morgan fingerprint density at radius 2 is 1.71 bits per heavy atom. The molecule has 0 aliphatic carbocycles. The van der Waals surface area contributed by atoms with Crippen LogP contribution in [0.5, 0.6) is 0 Å². The molecule has 4 rings (SSSR count). The summed E-state index contributed by atoms with van der Waals surface area (Å²) in [6.45, 7) is 4.69. The van der Waals surface area contributed by atoms with Gasteiger partial charge in [-0.25, -0.2) is 8.42 Å². The van der Waals surface area contributed by atoms with Crippen LogP contribution in [-0.4, -0.2) is 53.4 Å². The summed E-state index contributed by atoms with van der Waals surface area (Å²) in [7, 11) is -7.89. The number of hydrazine groups is 1. The van der Waals surface area contributed by atoms with Gasteiger partial charge in [-0.2, -0.15) is 17.1 Å². The van der Waals surface area contributed by atoms with E-state index in [4.69, 9.17) is 27.9 Å². The van der Waals surface area contributed by atoms with Gasteiger partial charge in [0.2, 0.25) is 10.0 Å². The van der Waals surface area contributed by atoms with Crippen LogP contribution in [0.4, 0.5) is 11.4 Å². The Balaban J connectivity index is 1.62. The van der Waals surface area contributed by atoms with E-state index in [9.17, 15) is 21.6 Å². The zero-order valence-corrected chi connectivity index (χ0v) is 23.6. The van der Waals surface area contributed by atoms with E-state index in [0.717, 1.165) is 22.0 Å². The predicted octanol–water partition coefficient (Wildman–Crippen LogP) is 4.17. The highest BCUT2D eigenvalue weighted by molar-refractivity contribution is 7.94. The van der Waals surface area contributed by atoms with Crippen molar-refractivity contribution in [3.05, 3.63) is 82.3 Å². The van der Waals surface area contributed by atoms with Gasteiger partial charge in [-0.1, -0.05) is 29.8 Å². The predicted molar refractivity (Wildman–Crippen MR) is 148 cm³/mol. The first-order chi connectivity index (χ1) is 18.0. The number of halogens is 2. The topological polar surface area (TPSA) is 125 Å². The Morgan fingerprint density at radius 1 is 1.03 bits per heavy atom. The third kappa shape index (κ3) is 5.99. The van der Waals surface area contributed by atoms with Gasteiger partial charge in [0.05, 0.1) is 33.7 Å². The number of rotatable bonds is 9. The molecule has 15 heteroatoms. The first kappa shape index (κ1) is 28.4. The molecule has 2 aromatic carbocycles. The molecule has 1 aromatic heterocycles. The summed E-state index contributed by atoms with van der Waals surface area (Å²) >= 11 is 12.9. The molecule has 202 valence electrons. The molecule has 1 aliphatic heterocycles. The molecule has 38 heavy (non-hydrogen) atoms. The second kappa shape index (κ2) is 11.6. The van der Waals surface area contributed by atoms with Crippen LogP contribution >= 0.6 is 34.5 Å². The van der Waals surface area contributed by atoms with Gasteiger partial charge in [-0.3, -0.25) is 10.2 Å². The molecule has 0 atom stereocenters. The van der Waals surface area contributed by atoms with Crippen molar-refractivity contribution < 1.29 is 26.4 Å². The fourth-order valence-electron chi connectivity index (χ4n) is 3.59. The quantitative estimate of drug-likeness (QED) is 0.346. The van der Waals surface area contributed by atoms with Gasteiger partial charge in [0.25, 0.3) is 15.9 Å². The average molecular weight is 618 g/mol. The number of sulfonamides is 2. The van der Waals surface area contributed by atoms with Crippen LogP contribution in [-0.2, 0) is 24.8 Å². The van der Waals surface area contributed by atoms with E-state index in [1.165, 1.54) is 58.9 Å². The number of nitrogens with zero attached hydrogens (tertiary/aromatic N) is 2. The molecule has 2 heterocycles. The molecule has 1 fully saturated rings. The van der Waals surface area contributed by atoms with Crippen molar-refractivity contribution in [2.75, 3.05) is 36.0 Å². The third-order valence-corrected chi connectivity index (χ3v) is 10.9. The SMILES string of the molecule is C=CNN(c1ccc(Cl)cc1C(=O)Nc1ccc(S(=O)(=O)N2CCOCC2)cc1)S(=O)(=O)c1ccc(Cl)s1. The van der Waals surface area contributed by atoms with Gasteiger partial charge in [0.1, 0.15) is 4.21 Å². The third-order valence-electron chi connectivity index (χ3n) is 5.39. The molecule has 0 unspecified atom stereocenters. The Kier molecular flexibility index (Phi) is 8.67. The minimum Gasteiger partial charge on any atom is -0.379 e. The summed E-state index contributed by atoms with van der Waals surface area (Å²) in [5.74, 6) is -0.679. The van der Waals surface area contributed by atoms with Crippen LogP contribution in [0.2, 0.25) is 9.36 Å². The van der Waals surface area contributed by atoms with Gasteiger partial charge in [-0.15, -0.1) is 11.3 Å². The van der Waals surface area contributed by atoms with E-state index in [2.05, 4.69) is 17.3 Å². The van der Waals surface area contributed by atoms with Crippen LogP contribution in [0, 0.1) is 0 Å². The van der Waals surface area contributed by atoms with E-state index in [1.807, 2.05) is 0 Å². The van der Waals surface area contributed by atoms with Crippen molar-refractivity contribution in [1.82, 2.24) is 9.73 Å². The molecular weight excluding hydrogens is 595 g/mol. The van der Waals surface area contributed by atoms with Crippen molar-refractivity contribution >= 4 is 71.9 Å². The first-order valence-corrected chi connectivity index (χ1v) is 15.5. The maximum absolute atomic E-state index is 13.4. The van der Waals surface area contributed by atoms with Crippen LogP contribution < -0.4 is 15.2 Å². The molecule has 1 amide bonds. The van der Waals surface area contributed by atoms with E-state index < -0.39 is 26.0 Å². The highest BCUT2D eigenvalue weighted by Crippen LogP contribution is 2.33. The lowest BCUT2D eigenvalue weighted by molar-refractivity contribution is 0.0730. The Morgan fingerprint density at radius 3 is 2.32 bits per heavy atom. The Bertz CT molecular complexity index is 1550. The Labute approximate surface area is 234 Å². The number of thiophene rings is 1. The molecular formula is C23H22Cl2N4O6S3. The molecule has 2 N–H and O–H groups in total. The second-order valence-electron chi connectivity index (χ2n) is 7.82. The van der Waals surface area contributed by atoms with Crippen molar-refractivity contribution in [3.63, 3.8) is 0 Å². The van der Waals surface area contributed by atoms with Gasteiger partial charge in [0, 0.05) is 30.0 Å². The number of ether oxygens (including phenoxy) is 1. The lowest BCUT2D eigenvalue weighted by Crippen LogP contribution is -2.40. The smallest absolute Gasteiger partial charge is 0.291 e. The van der Waals surface area contributed by atoms with Gasteiger partial charge in [-0.05, 0) is 54.6 Å². The van der Waals surface area contributed by atoms with Crippen LogP contribution in [0.15, 0.2) is 76.5 Å². The number of amides is 1. The fraction of sp³-hybridized carbons (Fsp3) is 0.174. The number of benzene rings is 2. The lowest BCUT2D eigenvalue weighted by atomic mass is 10.1. The summed E-state index contributed by atoms with van der Waals surface area (Å²) in [4.78, 5) is 13.4. The van der Waals surface area contributed by atoms with Crippen LogP contribution in [0.3, 0.4) is 0 Å². The average Bonchev–Trinajstić information content (AvgIpc) is 3.35. The van der Waals surface area contributed by atoms with Crippen molar-refractivity contribution in [2.24, 2.45) is 0 Å². The number of nitrogens with one attached hydrogen (secondary N) is 2. The molecule has 0 saturated carbocycles. The normalized spacial score (nSPS) is 14.6. The minimum atomic E-state index is -4.19. The van der Waals surface area contributed by atoms with E-state index in [0.29, 0.717) is 13.2 Å². The molecule has 1 aliphatic rings. The summed E-state index contributed by atoms with van der Waals surface area (Å²) in [5.41, 5.74) is 2.75. The van der Waals surface area contributed by atoms with Crippen molar-refractivity contribution in [3.8, 4) is 0 Å². The van der Waals surface area contributed by atoms with Gasteiger partial charge < -0.3 is 10.1 Å².